The third-order valence-corrected chi connectivity index (χ3v) is 3.42. The monoisotopic (exact) mass is 310 g/mol. The number of rotatable bonds is 4. The van der Waals surface area contributed by atoms with Gasteiger partial charge in [-0.25, -0.2) is 4.39 Å². The molecule has 6 heteroatoms. The largest absolute Gasteiger partial charge is 0.346 e. The van der Waals surface area contributed by atoms with Gasteiger partial charge in [-0.3, -0.25) is 14.5 Å². The maximum atomic E-state index is 13.1. The molecular weight excluding hydrogens is 295 g/mol. The van der Waals surface area contributed by atoms with E-state index in [2.05, 4.69) is 15.4 Å². The maximum Gasteiger partial charge on any atom is 0.251 e. The normalized spacial score (nSPS) is 10.5. The molecule has 2 aromatic heterocycles. The van der Waals surface area contributed by atoms with Crippen LogP contribution in [0.3, 0.4) is 0 Å². The number of nitrogens with one attached hydrogen (secondary N) is 1. The number of aryl methyl sites for hydroxylation is 1. The van der Waals surface area contributed by atoms with Gasteiger partial charge in [0.2, 0.25) is 0 Å². The van der Waals surface area contributed by atoms with Crippen molar-refractivity contribution in [3.63, 3.8) is 0 Å². The average Bonchev–Trinajstić information content (AvgIpc) is 2.94. The minimum atomic E-state index is -0.435. The highest BCUT2D eigenvalue weighted by atomic mass is 19.1. The summed E-state index contributed by atoms with van der Waals surface area (Å²) in [5, 5.41) is 7.12. The minimum absolute atomic E-state index is 0.272. The fraction of sp³-hybridized carbons (Fsp3) is 0.118. The van der Waals surface area contributed by atoms with Crippen molar-refractivity contribution in [3.8, 4) is 11.3 Å². The van der Waals surface area contributed by atoms with Gasteiger partial charge >= 0.3 is 0 Å². The second-order valence-electron chi connectivity index (χ2n) is 5.07. The average molecular weight is 310 g/mol. The van der Waals surface area contributed by atoms with Crippen LogP contribution in [0.15, 0.2) is 54.9 Å². The van der Waals surface area contributed by atoms with E-state index in [0.29, 0.717) is 0 Å². The third-order valence-electron chi connectivity index (χ3n) is 3.42. The van der Waals surface area contributed by atoms with Crippen molar-refractivity contribution < 1.29 is 9.18 Å². The maximum absolute atomic E-state index is 13.1. The van der Waals surface area contributed by atoms with E-state index in [1.807, 2.05) is 25.2 Å². The summed E-state index contributed by atoms with van der Waals surface area (Å²) < 4.78 is 14.9. The Balaban J connectivity index is 1.71. The predicted molar refractivity (Wildman–Crippen MR) is 84.0 cm³/mol. The van der Waals surface area contributed by atoms with Crippen LogP contribution in [0.2, 0.25) is 0 Å². The molecule has 0 aliphatic heterocycles. The van der Waals surface area contributed by atoms with Crippen molar-refractivity contribution in [1.29, 1.82) is 0 Å². The molecule has 0 unspecified atom stereocenters. The zero-order valence-electron chi connectivity index (χ0n) is 12.5. The van der Waals surface area contributed by atoms with Gasteiger partial charge in [0.15, 0.2) is 0 Å². The van der Waals surface area contributed by atoms with Crippen molar-refractivity contribution in [2.45, 2.75) is 6.54 Å². The van der Waals surface area contributed by atoms with E-state index >= 15 is 0 Å². The molecule has 116 valence electrons. The lowest BCUT2D eigenvalue weighted by atomic mass is 10.2. The lowest BCUT2D eigenvalue weighted by molar-refractivity contribution is 0.0950. The van der Waals surface area contributed by atoms with Crippen LogP contribution in [0.4, 0.5) is 4.39 Å². The molecule has 1 N–H and O–H groups in total. The molecule has 3 aromatic rings. The third kappa shape index (κ3) is 3.42. The van der Waals surface area contributed by atoms with E-state index in [4.69, 9.17) is 0 Å². The number of hydrogen-bond donors (Lipinski definition) is 1. The molecule has 3 rings (SSSR count). The molecule has 0 spiro atoms. The molecule has 0 fully saturated rings. The number of halogens is 1. The fourth-order valence-electron chi connectivity index (χ4n) is 2.31. The van der Waals surface area contributed by atoms with Gasteiger partial charge in [0.05, 0.1) is 17.9 Å². The van der Waals surface area contributed by atoms with Crippen molar-refractivity contribution in [3.05, 3.63) is 71.9 Å². The van der Waals surface area contributed by atoms with Gasteiger partial charge in [0, 0.05) is 30.6 Å². The number of pyridine rings is 1. The summed E-state index contributed by atoms with van der Waals surface area (Å²) in [6.07, 6.45) is 3.43. The first-order valence-corrected chi connectivity index (χ1v) is 7.10. The number of amides is 1. The van der Waals surface area contributed by atoms with Gasteiger partial charge < -0.3 is 5.32 Å². The lowest BCUT2D eigenvalue weighted by Crippen LogP contribution is -2.23. The number of carbonyl (C=O) groups excluding carboxylic acids is 1. The van der Waals surface area contributed by atoms with Crippen LogP contribution in [-0.4, -0.2) is 20.7 Å². The molecule has 0 bridgehead atoms. The molecule has 1 aromatic carbocycles. The summed E-state index contributed by atoms with van der Waals surface area (Å²) in [5.41, 5.74) is 2.94. The van der Waals surface area contributed by atoms with Gasteiger partial charge in [-0.1, -0.05) is 6.07 Å². The molecular formula is C17H15FN4O. The second-order valence-corrected chi connectivity index (χ2v) is 5.07. The molecule has 0 saturated heterocycles. The van der Waals surface area contributed by atoms with Crippen LogP contribution in [-0.2, 0) is 13.6 Å². The number of aromatic nitrogens is 3. The van der Waals surface area contributed by atoms with Gasteiger partial charge in [0.25, 0.3) is 5.91 Å². The molecule has 0 aliphatic rings. The quantitative estimate of drug-likeness (QED) is 0.805. The highest BCUT2D eigenvalue weighted by Crippen LogP contribution is 2.18. The Morgan fingerprint density at radius 1 is 1.22 bits per heavy atom. The Bertz CT molecular complexity index is 830. The van der Waals surface area contributed by atoms with Crippen molar-refractivity contribution in [1.82, 2.24) is 20.1 Å². The highest BCUT2D eigenvalue weighted by Gasteiger charge is 2.10. The number of hydrogen-bond acceptors (Lipinski definition) is 3. The van der Waals surface area contributed by atoms with E-state index in [9.17, 15) is 9.18 Å². The number of nitrogens with zero attached hydrogens (tertiary/aromatic N) is 3. The highest BCUT2D eigenvalue weighted by molar-refractivity contribution is 5.94. The van der Waals surface area contributed by atoms with Crippen LogP contribution in [0.5, 0.6) is 0 Å². The Morgan fingerprint density at radius 2 is 2.00 bits per heavy atom. The van der Waals surface area contributed by atoms with Crippen LogP contribution < -0.4 is 5.32 Å². The first-order chi connectivity index (χ1) is 11.1. The summed E-state index contributed by atoms with van der Waals surface area (Å²) in [4.78, 5) is 16.0. The summed E-state index contributed by atoms with van der Waals surface area (Å²) in [7, 11) is 1.84. The molecule has 0 saturated carbocycles. The topological polar surface area (TPSA) is 59.8 Å². The van der Waals surface area contributed by atoms with Crippen molar-refractivity contribution in [2.24, 2.45) is 7.05 Å². The van der Waals surface area contributed by atoms with E-state index in [0.717, 1.165) is 17.0 Å². The molecule has 23 heavy (non-hydrogen) atoms. The van der Waals surface area contributed by atoms with Crippen molar-refractivity contribution in [2.75, 3.05) is 0 Å². The molecule has 0 aliphatic carbocycles. The first kappa shape index (κ1) is 14.9. The number of benzene rings is 1. The molecule has 2 heterocycles. The minimum Gasteiger partial charge on any atom is -0.346 e. The van der Waals surface area contributed by atoms with Gasteiger partial charge in [-0.05, 0) is 36.4 Å². The fourth-order valence-corrected chi connectivity index (χ4v) is 2.31. The van der Waals surface area contributed by atoms with E-state index in [1.54, 1.807) is 23.1 Å². The van der Waals surface area contributed by atoms with Gasteiger partial charge in [-0.15, -0.1) is 0 Å². The Hall–Kier alpha value is -3.02. The first-order valence-electron chi connectivity index (χ1n) is 7.10. The van der Waals surface area contributed by atoms with Gasteiger partial charge in [-0.2, -0.15) is 5.10 Å². The SMILES string of the molecule is Cn1nc(CNC(=O)c2cccc(F)c2)cc1-c1ccncc1. The predicted octanol–water partition coefficient (Wildman–Crippen LogP) is 2.55. The Labute approximate surface area is 132 Å². The molecule has 0 atom stereocenters. The van der Waals surface area contributed by atoms with Crippen molar-refractivity contribution >= 4 is 5.91 Å². The standard InChI is InChI=1S/C17H15FN4O/c1-22-16(12-5-7-19-8-6-12)10-15(21-22)11-20-17(23)13-3-2-4-14(18)9-13/h2-10H,11H2,1H3,(H,20,23). The van der Waals surface area contributed by atoms with Gasteiger partial charge in [0.1, 0.15) is 5.82 Å². The van der Waals surface area contributed by atoms with E-state index in [-0.39, 0.29) is 18.0 Å². The van der Waals surface area contributed by atoms with Crippen LogP contribution >= 0.6 is 0 Å². The van der Waals surface area contributed by atoms with E-state index in [1.165, 1.54) is 18.2 Å². The second kappa shape index (κ2) is 6.39. The van der Waals surface area contributed by atoms with Crippen LogP contribution in [0, 0.1) is 5.82 Å². The number of carbonyl (C=O) groups is 1. The van der Waals surface area contributed by atoms with Crippen LogP contribution in [0.25, 0.3) is 11.3 Å². The summed E-state index contributed by atoms with van der Waals surface area (Å²) in [5.74, 6) is -0.768. The summed E-state index contributed by atoms with van der Waals surface area (Å²) >= 11 is 0. The Morgan fingerprint density at radius 3 is 2.74 bits per heavy atom. The Kier molecular flexibility index (Phi) is 4.14. The molecule has 1 amide bonds. The zero-order valence-corrected chi connectivity index (χ0v) is 12.5. The smallest absolute Gasteiger partial charge is 0.251 e. The molecule has 0 radical (unpaired) electrons. The zero-order chi connectivity index (χ0) is 16.2. The summed E-state index contributed by atoms with van der Waals surface area (Å²) in [6.45, 7) is 0.272. The lowest BCUT2D eigenvalue weighted by Gasteiger charge is -2.03. The molecule has 5 nitrogen and oxygen atoms in total. The van der Waals surface area contributed by atoms with E-state index < -0.39 is 5.82 Å². The summed E-state index contributed by atoms with van der Waals surface area (Å²) in [6, 6.07) is 11.3. The van der Waals surface area contributed by atoms with Crippen LogP contribution in [0.1, 0.15) is 16.1 Å².